The summed E-state index contributed by atoms with van der Waals surface area (Å²) in [6.45, 7) is 5.03. The van der Waals surface area contributed by atoms with Gasteiger partial charge in [0.2, 0.25) is 0 Å². The van der Waals surface area contributed by atoms with Crippen molar-refractivity contribution in [2.24, 2.45) is 0 Å². The Morgan fingerprint density at radius 1 is 1.22 bits per heavy atom. The lowest BCUT2D eigenvalue weighted by atomic mass is 9.95. The molecule has 3 aromatic rings. The average molecular weight is 400 g/mol. The van der Waals surface area contributed by atoms with Crippen LogP contribution >= 0.6 is 11.3 Å². The average Bonchev–Trinajstić information content (AvgIpc) is 3.43. The monoisotopic (exact) mass is 399 g/mol. The van der Waals surface area contributed by atoms with Crippen LogP contribution in [0.1, 0.15) is 24.0 Å². The van der Waals surface area contributed by atoms with Crippen LogP contribution in [0.4, 0.5) is 0 Å². The van der Waals surface area contributed by atoms with E-state index in [4.69, 9.17) is 0 Å². The van der Waals surface area contributed by atoms with Gasteiger partial charge in [0, 0.05) is 43.9 Å². The van der Waals surface area contributed by atoms with Crippen LogP contribution in [0, 0.1) is 0 Å². The Morgan fingerprint density at radius 3 is 2.85 bits per heavy atom. The third-order valence-corrected chi connectivity index (χ3v) is 8.67. The predicted octanol–water partition coefficient (Wildman–Crippen LogP) is 3.39. The second-order valence-corrected chi connectivity index (χ2v) is 10.3. The third-order valence-electron chi connectivity index (χ3n) is 5.73. The highest BCUT2D eigenvalue weighted by molar-refractivity contribution is 7.92. The summed E-state index contributed by atoms with van der Waals surface area (Å²) >= 11 is 1.66. The number of fused-ring (bicyclic) bond motifs is 3. The van der Waals surface area contributed by atoms with Crippen molar-refractivity contribution in [3.05, 3.63) is 58.5 Å². The van der Waals surface area contributed by atoms with Crippen LogP contribution in [0.3, 0.4) is 0 Å². The van der Waals surface area contributed by atoms with Crippen molar-refractivity contribution < 1.29 is 8.42 Å². The molecule has 5 nitrogen and oxygen atoms in total. The van der Waals surface area contributed by atoms with Gasteiger partial charge in [-0.15, -0.1) is 0 Å². The molecule has 2 aliphatic rings. The van der Waals surface area contributed by atoms with E-state index >= 15 is 0 Å². The summed E-state index contributed by atoms with van der Waals surface area (Å²) in [4.78, 5) is 2.79. The van der Waals surface area contributed by atoms with Gasteiger partial charge in [-0.05, 0) is 52.6 Å². The highest BCUT2D eigenvalue weighted by atomic mass is 32.2. The van der Waals surface area contributed by atoms with E-state index in [2.05, 4.69) is 39.8 Å². The summed E-state index contributed by atoms with van der Waals surface area (Å²) in [5, 5.41) is 8.16. The molecule has 2 aliphatic heterocycles. The van der Waals surface area contributed by atoms with Gasteiger partial charge < -0.3 is 0 Å². The van der Waals surface area contributed by atoms with Gasteiger partial charge in [-0.25, -0.2) is 8.42 Å². The molecule has 1 aromatic carbocycles. The first-order chi connectivity index (χ1) is 13.1. The maximum Gasteiger partial charge on any atom is 0.183 e. The van der Waals surface area contributed by atoms with Gasteiger partial charge in [-0.3, -0.25) is 9.58 Å². The molecule has 2 atom stereocenters. The van der Waals surface area contributed by atoms with Gasteiger partial charge in [0.1, 0.15) is 0 Å². The lowest BCUT2D eigenvalue weighted by Gasteiger charge is -2.16. The molecule has 7 heteroatoms. The van der Waals surface area contributed by atoms with Gasteiger partial charge in [-0.2, -0.15) is 16.4 Å². The largest absolute Gasteiger partial charge is 0.297 e. The van der Waals surface area contributed by atoms with Crippen molar-refractivity contribution in [3.8, 4) is 11.1 Å². The van der Waals surface area contributed by atoms with E-state index in [0.29, 0.717) is 11.4 Å². The van der Waals surface area contributed by atoms with Gasteiger partial charge in [0.15, 0.2) is 9.84 Å². The van der Waals surface area contributed by atoms with E-state index in [1.807, 2.05) is 29.2 Å². The first kappa shape index (κ1) is 17.2. The van der Waals surface area contributed by atoms with Crippen LogP contribution in [-0.4, -0.2) is 41.4 Å². The number of thiophene rings is 1. The van der Waals surface area contributed by atoms with E-state index in [9.17, 15) is 8.42 Å². The van der Waals surface area contributed by atoms with Crippen molar-refractivity contribution in [1.82, 2.24) is 14.7 Å². The topological polar surface area (TPSA) is 55.2 Å². The number of rotatable bonds is 4. The minimum atomic E-state index is -3.25. The molecule has 0 unspecified atom stereocenters. The summed E-state index contributed by atoms with van der Waals surface area (Å²) in [6, 6.07) is 7.93. The van der Waals surface area contributed by atoms with Gasteiger partial charge >= 0.3 is 0 Å². The normalized spacial score (nSPS) is 23.4. The summed E-state index contributed by atoms with van der Waals surface area (Å²) in [6.07, 6.45) is 3.93. The molecular weight excluding hydrogens is 378 g/mol. The molecule has 0 amide bonds. The van der Waals surface area contributed by atoms with Crippen LogP contribution < -0.4 is 0 Å². The molecule has 1 saturated heterocycles. The number of hydrogen-bond donors (Lipinski definition) is 0. The first-order valence-electron chi connectivity index (χ1n) is 9.20. The van der Waals surface area contributed by atoms with Gasteiger partial charge in [0.05, 0.1) is 16.3 Å². The predicted molar refractivity (Wildman–Crippen MR) is 107 cm³/mol. The summed E-state index contributed by atoms with van der Waals surface area (Å²) in [5.74, 6) is 0.0600. The smallest absolute Gasteiger partial charge is 0.183 e. The molecule has 4 heterocycles. The minimum Gasteiger partial charge on any atom is -0.297 e. The molecule has 27 heavy (non-hydrogen) atoms. The van der Waals surface area contributed by atoms with E-state index in [0.717, 1.165) is 41.9 Å². The van der Waals surface area contributed by atoms with Crippen LogP contribution in [-0.2, 0) is 22.9 Å². The highest BCUT2D eigenvalue weighted by Crippen LogP contribution is 2.46. The zero-order valence-corrected chi connectivity index (χ0v) is 16.7. The molecule has 1 fully saturated rings. The maximum absolute atomic E-state index is 13.1. The number of hydrogen-bond acceptors (Lipinski definition) is 5. The van der Waals surface area contributed by atoms with Crippen LogP contribution in [0.2, 0.25) is 0 Å². The van der Waals surface area contributed by atoms with E-state index in [1.165, 1.54) is 0 Å². The standard InChI is InChI=1S/C20H21N3O2S2/c1-2-23-10-14(8-21-23)9-22-11-18-17-7-15(16-5-6-26-13-16)3-4-19(17)27(24,25)20(18)12-22/h3-8,10,13,18,20H,2,9,11-12H2,1H3/t18-,20+/m1/s1. The Kier molecular flexibility index (Phi) is 4.00. The third kappa shape index (κ3) is 2.76. The van der Waals surface area contributed by atoms with E-state index in [1.54, 1.807) is 11.3 Å². The number of sulfone groups is 1. The number of aromatic nitrogens is 2. The Morgan fingerprint density at radius 2 is 2.11 bits per heavy atom. The fraction of sp³-hybridized carbons (Fsp3) is 0.350. The molecule has 0 aliphatic carbocycles. The number of nitrogens with zero attached hydrogens (tertiary/aromatic N) is 3. The van der Waals surface area contributed by atoms with Gasteiger partial charge in [-0.1, -0.05) is 6.07 Å². The molecule has 0 spiro atoms. The summed E-state index contributed by atoms with van der Waals surface area (Å²) in [5.41, 5.74) is 4.40. The molecule has 5 rings (SSSR count). The molecule has 140 valence electrons. The Labute approximate surface area is 163 Å². The van der Waals surface area contributed by atoms with Gasteiger partial charge in [0.25, 0.3) is 0 Å². The zero-order valence-electron chi connectivity index (χ0n) is 15.1. The summed E-state index contributed by atoms with van der Waals surface area (Å²) in [7, 11) is -3.25. The molecule has 0 bridgehead atoms. The van der Waals surface area contributed by atoms with Crippen molar-refractivity contribution in [2.45, 2.75) is 36.1 Å². The highest BCUT2D eigenvalue weighted by Gasteiger charge is 2.50. The lowest BCUT2D eigenvalue weighted by Crippen LogP contribution is -2.25. The quantitative estimate of drug-likeness (QED) is 0.675. The molecule has 0 saturated carbocycles. The van der Waals surface area contributed by atoms with E-state index < -0.39 is 9.84 Å². The Hall–Kier alpha value is -1.96. The van der Waals surface area contributed by atoms with Crippen LogP contribution in [0.25, 0.3) is 11.1 Å². The first-order valence-corrected chi connectivity index (χ1v) is 11.7. The van der Waals surface area contributed by atoms with Crippen LogP contribution in [0.5, 0.6) is 0 Å². The van der Waals surface area contributed by atoms with Crippen molar-refractivity contribution in [2.75, 3.05) is 13.1 Å². The number of aryl methyl sites for hydroxylation is 1. The van der Waals surface area contributed by atoms with Crippen molar-refractivity contribution in [3.63, 3.8) is 0 Å². The van der Waals surface area contributed by atoms with Crippen LogP contribution in [0.15, 0.2) is 52.3 Å². The number of benzene rings is 1. The molecular formula is C20H21N3O2S2. The summed E-state index contributed by atoms with van der Waals surface area (Å²) < 4.78 is 28.0. The molecule has 2 aromatic heterocycles. The zero-order chi connectivity index (χ0) is 18.6. The number of likely N-dealkylation sites (tertiary alicyclic amines) is 1. The second-order valence-electron chi connectivity index (χ2n) is 7.35. The fourth-order valence-electron chi connectivity index (χ4n) is 4.38. The Bertz CT molecular complexity index is 1090. The SMILES string of the molecule is CCn1cc(CN2C[C@@H]3c4cc(-c5ccsc5)ccc4S(=O)(=O)[C@H]3C2)cn1. The molecule has 0 N–H and O–H groups in total. The van der Waals surface area contributed by atoms with E-state index in [-0.39, 0.29) is 11.2 Å². The second kappa shape index (κ2) is 6.29. The fourth-order valence-corrected chi connectivity index (χ4v) is 7.24. The van der Waals surface area contributed by atoms with Crippen molar-refractivity contribution >= 4 is 21.2 Å². The Balaban J connectivity index is 1.45. The maximum atomic E-state index is 13.1. The minimum absolute atomic E-state index is 0.0600. The van der Waals surface area contributed by atoms with Crippen molar-refractivity contribution in [1.29, 1.82) is 0 Å². The lowest BCUT2D eigenvalue weighted by molar-refractivity contribution is 0.325. The molecule has 0 radical (unpaired) electrons.